The Morgan fingerprint density at radius 1 is 1.24 bits per heavy atom. The molecular weight excluding hydrogens is 338 g/mol. The highest BCUT2D eigenvalue weighted by Gasteiger charge is 2.24. The van der Waals surface area contributed by atoms with Crippen LogP contribution in [0.1, 0.15) is 29.6 Å². The Balaban J connectivity index is 1.79. The number of likely N-dealkylation sites (tertiary alicyclic amines) is 1. The SMILES string of the molecule is O=C(O)CCOC1CCN(C(=O)c2ccc(Br)cc2)CC1. The maximum atomic E-state index is 12.3. The zero-order valence-corrected chi connectivity index (χ0v) is 13.2. The van der Waals surface area contributed by atoms with E-state index < -0.39 is 5.97 Å². The van der Waals surface area contributed by atoms with Crippen LogP contribution in [0.25, 0.3) is 0 Å². The highest BCUT2D eigenvalue weighted by Crippen LogP contribution is 2.18. The summed E-state index contributed by atoms with van der Waals surface area (Å²) < 4.78 is 6.47. The van der Waals surface area contributed by atoms with Gasteiger partial charge < -0.3 is 14.7 Å². The number of halogens is 1. The molecule has 1 heterocycles. The summed E-state index contributed by atoms with van der Waals surface area (Å²) in [5.74, 6) is -0.815. The number of benzene rings is 1. The van der Waals surface area contributed by atoms with Crippen LogP contribution in [-0.4, -0.2) is 47.7 Å². The van der Waals surface area contributed by atoms with Crippen molar-refractivity contribution in [2.45, 2.75) is 25.4 Å². The van der Waals surface area contributed by atoms with Gasteiger partial charge in [0.05, 0.1) is 19.1 Å². The number of aliphatic carboxylic acids is 1. The van der Waals surface area contributed by atoms with Gasteiger partial charge in [-0.2, -0.15) is 0 Å². The number of carboxylic acids is 1. The molecule has 0 spiro atoms. The predicted molar refractivity (Wildman–Crippen MR) is 81.3 cm³/mol. The minimum absolute atomic E-state index is 0.0258. The van der Waals surface area contributed by atoms with E-state index >= 15 is 0 Å². The van der Waals surface area contributed by atoms with E-state index in [9.17, 15) is 9.59 Å². The summed E-state index contributed by atoms with van der Waals surface area (Å²) in [5, 5.41) is 8.57. The second kappa shape index (κ2) is 7.56. The first-order valence-corrected chi connectivity index (χ1v) is 7.74. The molecule has 0 aliphatic carbocycles. The molecule has 1 saturated heterocycles. The fraction of sp³-hybridized carbons (Fsp3) is 0.467. The molecule has 0 atom stereocenters. The van der Waals surface area contributed by atoms with Gasteiger partial charge in [-0.25, -0.2) is 0 Å². The summed E-state index contributed by atoms with van der Waals surface area (Å²) in [7, 11) is 0. The molecule has 1 aromatic rings. The van der Waals surface area contributed by atoms with E-state index in [2.05, 4.69) is 15.9 Å². The van der Waals surface area contributed by atoms with Crippen LogP contribution >= 0.6 is 15.9 Å². The lowest BCUT2D eigenvalue weighted by atomic mass is 10.1. The number of carbonyl (C=O) groups excluding carboxylic acids is 1. The molecule has 2 rings (SSSR count). The third kappa shape index (κ3) is 4.82. The van der Waals surface area contributed by atoms with Gasteiger partial charge in [-0.1, -0.05) is 15.9 Å². The monoisotopic (exact) mass is 355 g/mol. The number of ether oxygens (including phenoxy) is 1. The van der Waals surface area contributed by atoms with Gasteiger partial charge >= 0.3 is 5.97 Å². The van der Waals surface area contributed by atoms with Crippen molar-refractivity contribution in [3.05, 3.63) is 34.3 Å². The van der Waals surface area contributed by atoms with E-state index in [0.717, 1.165) is 17.3 Å². The average molecular weight is 356 g/mol. The van der Waals surface area contributed by atoms with Crippen molar-refractivity contribution in [1.29, 1.82) is 0 Å². The number of rotatable bonds is 5. The highest BCUT2D eigenvalue weighted by atomic mass is 79.9. The molecule has 1 amide bonds. The van der Waals surface area contributed by atoms with Crippen molar-refractivity contribution in [3.8, 4) is 0 Å². The quantitative estimate of drug-likeness (QED) is 0.881. The topological polar surface area (TPSA) is 66.8 Å². The van der Waals surface area contributed by atoms with E-state index in [1.54, 1.807) is 0 Å². The third-order valence-electron chi connectivity index (χ3n) is 3.49. The minimum Gasteiger partial charge on any atom is -0.481 e. The van der Waals surface area contributed by atoms with Crippen molar-refractivity contribution in [3.63, 3.8) is 0 Å². The van der Waals surface area contributed by atoms with E-state index in [-0.39, 0.29) is 25.0 Å². The summed E-state index contributed by atoms with van der Waals surface area (Å²) >= 11 is 3.35. The number of hydrogen-bond donors (Lipinski definition) is 1. The number of amides is 1. The molecule has 0 saturated carbocycles. The first-order valence-electron chi connectivity index (χ1n) is 6.94. The molecule has 0 bridgehead atoms. The fourth-order valence-corrected chi connectivity index (χ4v) is 2.58. The number of carboxylic acid groups (broad SMARTS) is 1. The molecule has 1 N–H and O–H groups in total. The smallest absolute Gasteiger partial charge is 0.305 e. The van der Waals surface area contributed by atoms with Gasteiger partial charge in [-0.3, -0.25) is 9.59 Å². The van der Waals surface area contributed by atoms with Crippen molar-refractivity contribution in [2.75, 3.05) is 19.7 Å². The molecule has 114 valence electrons. The van der Waals surface area contributed by atoms with E-state index in [4.69, 9.17) is 9.84 Å². The molecule has 1 fully saturated rings. The average Bonchev–Trinajstić information content (AvgIpc) is 2.48. The Morgan fingerprint density at radius 3 is 2.43 bits per heavy atom. The fourth-order valence-electron chi connectivity index (χ4n) is 2.31. The second-order valence-corrected chi connectivity index (χ2v) is 5.93. The third-order valence-corrected chi connectivity index (χ3v) is 4.02. The van der Waals surface area contributed by atoms with Crippen molar-refractivity contribution < 1.29 is 19.4 Å². The van der Waals surface area contributed by atoms with Crippen LogP contribution in [0.15, 0.2) is 28.7 Å². The molecule has 21 heavy (non-hydrogen) atoms. The number of nitrogens with zero attached hydrogens (tertiary/aromatic N) is 1. The maximum absolute atomic E-state index is 12.3. The highest BCUT2D eigenvalue weighted by molar-refractivity contribution is 9.10. The van der Waals surface area contributed by atoms with Gasteiger partial charge in [0.25, 0.3) is 5.91 Å². The van der Waals surface area contributed by atoms with Crippen molar-refractivity contribution >= 4 is 27.8 Å². The molecule has 0 radical (unpaired) electrons. The zero-order chi connectivity index (χ0) is 15.2. The molecule has 0 unspecified atom stereocenters. The van der Waals surface area contributed by atoms with Crippen LogP contribution in [0.4, 0.5) is 0 Å². The molecular formula is C15H18BrNO4. The van der Waals surface area contributed by atoms with Gasteiger partial charge in [-0.15, -0.1) is 0 Å². The zero-order valence-electron chi connectivity index (χ0n) is 11.6. The lowest BCUT2D eigenvalue weighted by molar-refractivity contribution is -0.138. The standard InChI is InChI=1S/C15H18BrNO4/c16-12-3-1-11(2-4-12)15(20)17-8-5-13(6-9-17)21-10-7-14(18)19/h1-4,13H,5-10H2,(H,18,19). The Hall–Kier alpha value is -1.40. The van der Waals surface area contributed by atoms with Crippen LogP contribution in [0.3, 0.4) is 0 Å². The molecule has 1 aliphatic rings. The van der Waals surface area contributed by atoms with Gasteiger partial charge in [0.1, 0.15) is 0 Å². The van der Waals surface area contributed by atoms with Gasteiger partial charge in [0.2, 0.25) is 0 Å². The molecule has 0 aromatic heterocycles. The molecule has 6 heteroatoms. The summed E-state index contributed by atoms with van der Waals surface area (Å²) in [6, 6.07) is 7.33. The molecule has 5 nitrogen and oxygen atoms in total. The minimum atomic E-state index is -0.849. The Labute approximate surface area is 132 Å². The Bertz CT molecular complexity index is 495. The van der Waals surface area contributed by atoms with E-state index in [1.807, 2.05) is 29.2 Å². The van der Waals surface area contributed by atoms with Gasteiger partial charge in [-0.05, 0) is 37.1 Å². The number of hydrogen-bond acceptors (Lipinski definition) is 3. The first-order chi connectivity index (χ1) is 10.1. The second-order valence-electron chi connectivity index (χ2n) is 5.01. The molecule has 1 aromatic carbocycles. The van der Waals surface area contributed by atoms with Crippen LogP contribution in [0.5, 0.6) is 0 Å². The largest absolute Gasteiger partial charge is 0.481 e. The van der Waals surface area contributed by atoms with Crippen molar-refractivity contribution in [2.24, 2.45) is 0 Å². The summed E-state index contributed by atoms with van der Waals surface area (Å²) in [6.45, 7) is 1.53. The first kappa shape index (κ1) is 16.0. The van der Waals surface area contributed by atoms with Crippen molar-refractivity contribution in [1.82, 2.24) is 4.90 Å². The summed E-state index contributed by atoms with van der Waals surface area (Å²) in [4.78, 5) is 24.6. The predicted octanol–water partition coefficient (Wildman–Crippen LogP) is 2.55. The number of carbonyl (C=O) groups is 2. The van der Waals surface area contributed by atoms with E-state index in [0.29, 0.717) is 18.7 Å². The normalized spacial score (nSPS) is 16.0. The van der Waals surface area contributed by atoms with Gasteiger partial charge in [0, 0.05) is 23.1 Å². The van der Waals surface area contributed by atoms with Crippen LogP contribution in [0, 0.1) is 0 Å². The lowest BCUT2D eigenvalue weighted by Gasteiger charge is -2.32. The lowest BCUT2D eigenvalue weighted by Crippen LogP contribution is -2.41. The van der Waals surface area contributed by atoms with Crippen LogP contribution in [-0.2, 0) is 9.53 Å². The van der Waals surface area contributed by atoms with Crippen LogP contribution < -0.4 is 0 Å². The Morgan fingerprint density at radius 2 is 1.86 bits per heavy atom. The summed E-state index contributed by atoms with van der Waals surface area (Å²) in [5.41, 5.74) is 0.684. The Kier molecular flexibility index (Phi) is 5.76. The van der Waals surface area contributed by atoms with Crippen LogP contribution in [0.2, 0.25) is 0 Å². The maximum Gasteiger partial charge on any atom is 0.305 e. The summed E-state index contributed by atoms with van der Waals surface area (Å²) in [6.07, 6.45) is 1.58. The molecule has 1 aliphatic heterocycles. The van der Waals surface area contributed by atoms with E-state index in [1.165, 1.54) is 0 Å². The van der Waals surface area contributed by atoms with Gasteiger partial charge in [0.15, 0.2) is 0 Å². The number of piperidine rings is 1.